The van der Waals surface area contributed by atoms with Crippen molar-refractivity contribution in [2.75, 3.05) is 34.0 Å². The molecule has 1 rings (SSSR count). The number of nitrogens with zero attached hydrogens (tertiary/aromatic N) is 1. The van der Waals surface area contributed by atoms with Crippen LogP contribution in [0.2, 0.25) is 0 Å². The molecule has 0 heterocycles. The molecule has 1 aromatic rings. The number of aliphatic carboxylic acids is 1. The van der Waals surface area contributed by atoms with Gasteiger partial charge >= 0.3 is 5.97 Å². The van der Waals surface area contributed by atoms with E-state index < -0.39 is 12.6 Å². The van der Waals surface area contributed by atoms with Gasteiger partial charge in [0.2, 0.25) is 0 Å². The Bertz CT molecular complexity index is 545. The minimum Gasteiger partial charge on any atom is -0.490 e. The molecule has 1 atom stereocenters. The van der Waals surface area contributed by atoms with Crippen molar-refractivity contribution in [3.8, 4) is 11.5 Å². The summed E-state index contributed by atoms with van der Waals surface area (Å²) in [6.45, 7) is 4.01. The van der Waals surface area contributed by atoms with Crippen molar-refractivity contribution < 1.29 is 28.9 Å². The fraction of sp³-hybridized carbons (Fsp3) is 0.500. The molecular formula is C16H23NO6. The van der Waals surface area contributed by atoms with Gasteiger partial charge < -0.3 is 24.2 Å². The van der Waals surface area contributed by atoms with Gasteiger partial charge in [0.15, 0.2) is 18.1 Å². The van der Waals surface area contributed by atoms with Gasteiger partial charge in [0.25, 0.3) is 5.91 Å². The molecule has 1 amide bonds. The molecule has 0 radical (unpaired) electrons. The highest BCUT2D eigenvalue weighted by molar-refractivity contribution is 5.95. The van der Waals surface area contributed by atoms with Crippen LogP contribution in [-0.4, -0.2) is 61.9 Å². The van der Waals surface area contributed by atoms with Crippen molar-refractivity contribution in [3.63, 3.8) is 0 Å². The lowest BCUT2D eigenvalue weighted by Gasteiger charge is -2.24. The van der Waals surface area contributed by atoms with Crippen LogP contribution in [0.3, 0.4) is 0 Å². The van der Waals surface area contributed by atoms with E-state index in [1.165, 1.54) is 6.07 Å². The summed E-state index contributed by atoms with van der Waals surface area (Å²) in [5, 5.41) is 8.68. The third kappa shape index (κ3) is 5.45. The van der Waals surface area contributed by atoms with Crippen LogP contribution in [0, 0.1) is 0 Å². The van der Waals surface area contributed by atoms with E-state index in [0.29, 0.717) is 30.3 Å². The van der Waals surface area contributed by atoms with E-state index in [4.69, 9.17) is 19.3 Å². The number of benzene rings is 1. The van der Waals surface area contributed by atoms with E-state index in [1.807, 2.05) is 6.92 Å². The molecule has 0 saturated carbocycles. The number of carboxylic acids is 1. The molecule has 0 aliphatic heterocycles. The first-order valence-electron chi connectivity index (χ1n) is 7.28. The van der Waals surface area contributed by atoms with Crippen LogP contribution in [0.1, 0.15) is 24.2 Å². The van der Waals surface area contributed by atoms with Crippen LogP contribution < -0.4 is 9.47 Å². The number of likely N-dealkylation sites (N-methyl/N-ethyl adjacent to an activating group) is 1. The number of hydrogen-bond donors (Lipinski definition) is 1. The van der Waals surface area contributed by atoms with E-state index in [2.05, 4.69) is 0 Å². The third-order valence-corrected chi connectivity index (χ3v) is 3.23. The first kappa shape index (κ1) is 18.8. The normalized spacial score (nSPS) is 11.7. The predicted molar refractivity (Wildman–Crippen MR) is 84.2 cm³/mol. The number of hydrogen-bond acceptors (Lipinski definition) is 5. The maximum atomic E-state index is 12.5. The quantitative estimate of drug-likeness (QED) is 0.743. The van der Waals surface area contributed by atoms with Gasteiger partial charge in [-0.05, 0) is 32.0 Å². The van der Waals surface area contributed by atoms with Crippen molar-refractivity contribution in [2.45, 2.75) is 19.9 Å². The van der Waals surface area contributed by atoms with Gasteiger partial charge in [0.1, 0.15) is 0 Å². The van der Waals surface area contributed by atoms with E-state index in [9.17, 15) is 9.59 Å². The van der Waals surface area contributed by atoms with Crippen molar-refractivity contribution in [3.05, 3.63) is 23.8 Å². The molecule has 0 saturated heterocycles. The third-order valence-electron chi connectivity index (χ3n) is 3.23. The Morgan fingerprint density at radius 3 is 2.52 bits per heavy atom. The summed E-state index contributed by atoms with van der Waals surface area (Å²) < 4.78 is 15.6. The van der Waals surface area contributed by atoms with Crippen molar-refractivity contribution in [1.82, 2.24) is 4.90 Å². The van der Waals surface area contributed by atoms with Crippen LogP contribution in [0.4, 0.5) is 0 Å². The maximum absolute atomic E-state index is 12.5. The molecule has 0 aromatic heterocycles. The fourth-order valence-electron chi connectivity index (χ4n) is 1.92. The largest absolute Gasteiger partial charge is 0.490 e. The summed E-state index contributed by atoms with van der Waals surface area (Å²) in [7, 11) is 3.28. The number of carboxylic acid groups (broad SMARTS) is 1. The number of carbonyl (C=O) groups is 2. The Kier molecular flexibility index (Phi) is 7.34. The van der Waals surface area contributed by atoms with Crippen LogP contribution >= 0.6 is 0 Å². The van der Waals surface area contributed by atoms with E-state index in [0.717, 1.165) is 0 Å². The molecule has 1 N–H and O–H groups in total. The molecule has 0 aliphatic rings. The number of ether oxygens (including phenoxy) is 3. The van der Waals surface area contributed by atoms with Crippen molar-refractivity contribution >= 4 is 11.9 Å². The SMILES string of the molecule is CCOc1cc(C(=O)N(C)C(C)COC)ccc1OCC(=O)O. The van der Waals surface area contributed by atoms with E-state index in [-0.39, 0.29) is 11.9 Å². The molecule has 0 spiro atoms. The lowest BCUT2D eigenvalue weighted by molar-refractivity contribution is -0.139. The second kappa shape index (κ2) is 8.99. The molecule has 23 heavy (non-hydrogen) atoms. The molecule has 7 heteroatoms. The zero-order valence-corrected chi connectivity index (χ0v) is 13.9. The van der Waals surface area contributed by atoms with Gasteiger partial charge in [-0.1, -0.05) is 0 Å². The zero-order valence-electron chi connectivity index (χ0n) is 13.9. The summed E-state index contributed by atoms with van der Waals surface area (Å²) in [5.41, 5.74) is 0.432. The zero-order chi connectivity index (χ0) is 17.4. The van der Waals surface area contributed by atoms with Crippen LogP contribution in [-0.2, 0) is 9.53 Å². The molecule has 128 valence electrons. The summed E-state index contributed by atoms with van der Waals surface area (Å²) in [5.74, 6) is -0.633. The first-order chi connectivity index (χ1) is 10.9. The summed E-state index contributed by atoms with van der Waals surface area (Å²) in [6.07, 6.45) is 0. The van der Waals surface area contributed by atoms with Crippen LogP contribution in [0.25, 0.3) is 0 Å². The number of methoxy groups -OCH3 is 1. The second-order valence-corrected chi connectivity index (χ2v) is 5.00. The van der Waals surface area contributed by atoms with Crippen molar-refractivity contribution in [1.29, 1.82) is 0 Å². The molecule has 1 aromatic carbocycles. The van der Waals surface area contributed by atoms with Crippen LogP contribution in [0.5, 0.6) is 11.5 Å². The smallest absolute Gasteiger partial charge is 0.341 e. The number of carbonyl (C=O) groups excluding carboxylic acids is 1. The highest BCUT2D eigenvalue weighted by Gasteiger charge is 2.19. The Morgan fingerprint density at radius 2 is 1.96 bits per heavy atom. The van der Waals surface area contributed by atoms with Gasteiger partial charge in [0.05, 0.1) is 19.3 Å². The van der Waals surface area contributed by atoms with Gasteiger partial charge in [-0.15, -0.1) is 0 Å². The lowest BCUT2D eigenvalue weighted by atomic mass is 10.1. The summed E-state index contributed by atoms with van der Waals surface area (Å²) in [6, 6.07) is 4.60. The van der Waals surface area contributed by atoms with Gasteiger partial charge in [-0.2, -0.15) is 0 Å². The van der Waals surface area contributed by atoms with Gasteiger partial charge in [-0.25, -0.2) is 4.79 Å². The number of amides is 1. The fourth-order valence-corrected chi connectivity index (χ4v) is 1.92. The van der Waals surface area contributed by atoms with Gasteiger partial charge in [0, 0.05) is 19.7 Å². The minimum absolute atomic E-state index is 0.0778. The van der Waals surface area contributed by atoms with Gasteiger partial charge in [-0.3, -0.25) is 4.79 Å². The van der Waals surface area contributed by atoms with Crippen LogP contribution in [0.15, 0.2) is 18.2 Å². The molecule has 1 unspecified atom stereocenters. The Balaban J connectivity index is 2.97. The molecule has 0 bridgehead atoms. The standard InChI is InChI=1S/C16H23NO6/c1-5-22-14-8-12(6-7-13(14)23-10-15(18)19)16(20)17(3)11(2)9-21-4/h6-8,11H,5,9-10H2,1-4H3,(H,18,19). The topological polar surface area (TPSA) is 85.3 Å². The summed E-state index contributed by atoms with van der Waals surface area (Å²) >= 11 is 0. The average molecular weight is 325 g/mol. The number of rotatable bonds is 9. The lowest BCUT2D eigenvalue weighted by Crippen LogP contribution is -2.37. The van der Waals surface area contributed by atoms with E-state index in [1.54, 1.807) is 38.1 Å². The molecular weight excluding hydrogens is 302 g/mol. The Hall–Kier alpha value is -2.28. The molecule has 7 nitrogen and oxygen atoms in total. The Labute approximate surface area is 135 Å². The molecule has 0 fully saturated rings. The highest BCUT2D eigenvalue weighted by Crippen LogP contribution is 2.29. The monoisotopic (exact) mass is 325 g/mol. The molecule has 0 aliphatic carbocycles. The highest BCUT2D eigenvalue weighted by atomic mass is 16.5. The average Bonchev–Trinajstić information content (AvgIpc) is 2.52. The second-order valence-electron chi connectivity index (χ2n) is 5.00. The van der Waals surface area contributed by atoms with E-state index >= 15 is 0 Å². The summed E-state index contributed by atoms with van der Waals surface area (Å²) in [4.78, 5) is 24.7. The maximum Gasteiger partial charge on any atom is 0.341 e. The first-order valence-corrected chi connectivity index (χ1v) is 7.28. The Morgan fingerprint density at radius 1 is 1.26 bits per heavy atom. The van der Waals surface area contributed by atoms with Crippen molar-refractivity contribution in [2.24, 2.45) is 0 Å². The predicted octanol–water partition coefficient (Wildman–Crippen LogP) is 1.66. The minimum atomic E-state index is -1.08.